The smallest absolute Gasteiger partial charge is 0.259 e. The SMILES string of the molecule is O=C(C1CC1)N(C(=O)C1CC1)c1nc2cc(Br)ccn2n1. The molecular formula is C14H13BrN4O2. The number of nitrogens with zero attached hydrogens (tertiary/aromatic N) is 4. The van der Waals surface area contributed by atoms with Gasteiger partial charge in [0.05, 0.1) is 0 Å². The lowest BCUT2D eigenvalue weighted by Gasteiger charge is -2.16. The maximum Gasteiger partial charge on any atom is 0.259 e. The van der Waals surface area contributed by atoms with E-state index in [-0.39, 0.29) is 29.6 Å². The third-order valence-corrected chi connectivity index (χ3v) is 4.28. The fourth-order valence-corrected chi connectivity index (χ4v) is 2.59. The van der Waals surface area contributed by atoms with E-state index in [1.165, 1.54) is 4.90 Å². The van der Waals surface area contributed by atoms with Gasteiger partial charge in [0.25, 0.3) is 5.95 Å². The molecule has 0 bridgehead atoms. The van der Waals surface area contributed by atoms with E-state index in [4.69, 9.17) is 0 Å². The minimum Gasteiger partial charge on any atom is -0.274 e. The van der Waals surface area contributed by atoms with Crippen LogP contribution in [0.2, 0.25) is 0 Å². The number of carbonyl (C=O) groups is 2. The third-order valence-electron chi connectivity index (χ3n) is 3.78. The van der Waals surface area contributed by atoms with Gasteiger partial charge in [-0.05, 0) is 37.8 Å². The number of fused-ring (bicyclic) bond motifs is 1. The lowest BCUT2D eigenvalue weighted by Crippen LogP contribution is -2.40. The summed E-state index contributed by atoms with van der Waals surface area (Å²) in [4.78, 5) is 30.4. The van der Waals surface area contributed by atoms with E-state index in [1.54, 1.807) is 16.8 Å². The van der Waals surface area contributed by atoms with Crippen molar-refractivity contribution in [1.82, 2.24) is 14.6 Å². The van der Waals surface area contributed by atoms with E-state index >= 15 is 0 Å². The van der Waals surface area contributed by atoms with Crippen LogP contribution in [0.3, 0.4) is 0 Å². The minimum atomic E-state index is -0.151. The van der Waals surface area contributed by atoms with E-state index in [1.807, 2.05) is 6.07 Å². The van der Waals surface area contributed by atoms with Gasteiger partial charge in [-0.25, -0.2) is 9.42 Å². The molecule has 2 aliphatic carbocycles. The van der Waals surface area contributed by atoms with Crippen LogP contribution in [0, 0.1) is 11.8 Å². The number of halogens is 1. The Morgan fingerprint density at radius 3 is 2.38 bits per heavy atom. The molecule has 7 heteroatoms. The van der Waals surface area contributed by atoms with Crippen LogP contribution < -0.4 is 4.90 Å². The van der Waals surface area contributed by atoms with Crippen LogP contribution >= 0.6 is 15.9 Å². The average molecular weight is 349 g/mol. The summed E-state index contributed by atoms with van der Waals surface area (Å²) in [6.07, 6.45) is 5.16. The van der Waals surface area contributed by atoms with E-state index in [9.17, 15) is 9.59 Å². The Hall–Kier alpha value is -1.76. The number of aromatic nitrogens is 3. The zero-order valence-electron chi connectivity index (χ0n) is 11.2. The quantitative estimate of drug-likeness (QED) is 0.797. The molecule has 6 nitrogen and oxygen atoms in total. The summed E-state index contributed by atoms with van der Waals surface area (Å²) in [5.74, 6) is -0.178. The number of amides is 2. The van der Waals surface area contributed by atoms with Crippen LogP contribution in [0.1, 0.15) is 25.7 Å². The van der Waals surface area contributed by atoms with Crippen molar-refractivity contribution in [2.45, 2.75) is 25.7 Å². The maximum absolute atomic E-state index is 12.4. The molecule has 2 amide bonds. The Balaban J connectivity index is 1.76. The van der Waals surface area contributed by atoms with Gasteiger partial charge >= 0.3 is 0 Å². The normalized spacial score (nSPS) is 18.0. The molecule has 2 saturated carbocycles. The molecule has 2 fully saturated rings. The molecule has 0 saturated heterocycles. The largest absolute Gasteiger partial charge is 0.274 e. The molecule has 0 spiro atoms. The van der Waals surface area contributed by atoms with Gasteiger partial charge in [0.2, 0.25) is 11.8 Å². The van der Waals surface area contributed by atoms with E-state index in [2.05, 4.69) is 26.0 Å². The predicted molar refractivity (Wildman–Crippen MR) is 78.6 cm³/mol. The Morgan fingerprint density at radius 2 is 1.81 bits per heavy atom. The molecule has 0 aliphatic heterocycles. The van der Waals surface area contributed by atoms with Gasteiger partial charge < -0.3 is 0 Å². The van der Waals surface area contributed by atoms with Gasteiger partial charge in [0.1, 0.15) is 0 Å². The highest BCUT2D eigenvalue weighted by Crippen LogP contribution is 2.36. The summed E-state index contributed by atoms with van der Waals surface area (Å²) in [6, 6.07) is 3.64. The van der Waals surface area contributed by atoms with Crippen molar-refractivity contribution in [3.05, 3.63) is 22.8 Å². The average Bonchev–Trinajstić information content (AvgIpc) is 3.35. The highest BCUT2D eigenvalue weighted by atomic mass is 79.9. The van der Waals surface area contributed by atoms with Gasteiger partial charge in [-0.15, -0.1) is 5.10 Å². The van der Waals surface area contributed by atoms with Crippen molar-refractivity contribution in [1.29, 1.82) is 0 Å². The van der Waals surface area contributed by atoms with Crippen LogP contribution in [0.15, 0.2) is 22.8 Å². The van der Waals surface area contributed by atoms with Crippen LogP contribution in [-0.2, 0) is 9.59 Å². The molecule has 0 aromatic carbocycles. The third kappa shape index (κ3) is 2.35. The molecule has 2 aromatic heterocycles. The van der Waals surface area contributed by atoms with Crippen molar-refractivity contribution in [2.75, 3.05) is 4.90 Å². The Morgan fingerprint density at radius 1 is 1.19 bits per heavy atom. The summed E-state index contributed by atoms with van der Waals surface area (Å²) >= 11 is 3.37. The monoisotopic (exact) mass is 348 g/mol. The van der Waals surface area contributed by atoms with Crippen molar-refractivity contribution in [2.24, 2.45) is 11.8 Å². The van der Waals surface area contributed by atoms with Crippen LogP contribution in [0.4, 0.5) is 5.95 Å². The van der Waals surface area contributed by atoms with Crippen molar-refractivity contribution in [3.63, 3.8) is 0 Å². The van der Waals surface area contributed by atoms with E-state index in [0.29, 0.717) is 5.65 Å². The standard InChI is InChI=1S/C14H13BrN4O2/c15-10-5-6-18-11(7-10)16-14(17-18)19(12(20)8-1-2-8)13(21)9-3-4-9/h5-9H,1-4H2. The molecule has 0 atom stereocenters. The van der Waals surface area contributed by atoms with Crippen LogP contribution in [0.25, 0.3) is 5.65 Å². The summed E-state index contributed by atoms with van der Waals surface area (Å²) in [6.45, 7) is 0. The molecule has 2 aliphatic rings. The number of hydrogen-bond donors (Lipinski definition) is 0. The lowest BCUT2D eigenvalue weighted by atomic mass is 10.3. The maximum atomic E-state index is 12.4. The van der Waals surface area contributed by atoms with Crippen molar-refractivity contribution >= 4 is 39.3 Å². The number of carbonyl (C=O) groups excluding carboxylic acids is 2. The first-order chi connectivity index (χ1) is 10.1. The molecule has 0 radical (unpaired) electrons. The first kappa shape index (κ1) is 12.9. The fourth-order valence-electron chi connectivity index (χ4n) is 2.27. The van der Waals surface area contributed by atoms with Gasteiger partial charge in [-0.3, -0.25) is 9.59 Å². The first-order valence-corrected chi connectivity index (χ1v) is 7.82. The molecule has 0 unspecified atom stereocenters. The fraction of sp³-hybridized carbons (Fsp3) is 0.429. The molecular weight excluding hydrogens is 336 g/mol. The Labute approximate surface area is 129 Å². The van der Waals surface area contributed by atoms with Gasteiger partial charge in [-0.1, -0.05) is 15.9 Å². The van der Waals surface area contributed by atoms with E-state index < -0.39 is 0 Å². The second-order valence-corrected chi connectivity index (χ2v) is 6.54. The molecule has 0 N–H and O–H groups in total. The molecule has 21 heavy (non-hydrogen) atoms. The number of anilines is 1. The first-order valence-electron chi connectivity index (χ1n) is 7.03. The lowest BCUT2D eigenvalue weighted by molar-refractivity contribution is -0.128. The van der Waals surface area contributed by atoms with Gasteiger partial charge in [0.15, 0.2) is 5.65 Å². The van der Waals surface area contributed by atoms with E-state index in [0.717, 1.165) is 30.2 Å². The number of hydrogen-bond acceptors (Lipinski definition) is 4. The second-order valence-electron chi connectivity index (χ2n) is 5.62. The summed E-state index contributed by atoms with van der Waals surface area (Å²) in [5, 5.41) is 4.29. The highest BCUT2D eigenvalue weighted by molar-refractivity contribution is 9.10. The summed E-state index contributed by atoms with van der Waals surface area (Å²) < 4.78 is 2.45. The van der Waals surface area contributed by atoms with Crippen molar-refractivity contribution < 1.29 is 9.59 Å². The zero-order chi connectivity index (χ0) is 14.6. The topological polar surface area (TPSA) is 67.6 Å². The predicted octanol–water partition coefficient (Wildman–Crippen LogP) is 2.17. The van der Waals surface area contributed by atoms with Crippen LogP contribution in [-0.4, -0.2) is 26.4 Å². The Bertz CT molecular complexity index is 725. The molecule has 4 rings (SSSR count). The molecule has 2 aromatic rings. The van der Waals surface area contributed by atoms with Crippen molar-refractivity contribution in [3.8, 4) is 0 Å². The second kappa shape index (κ2) is 4.62. The van der Waals surface area contributed by atoms with Gasteiger partial charge in [-0.2, -0.15) is 4.98 Å². The number of rotatable bonds is 3. The summed E-state index contributed by atoms with van der Waals surface area (Å²) in [7, 11) is 0. The molecule has 108 valence electrons. The number of pyridine rings is 1. The number of imide groups is 1. The van der Waals surface area contributed by atoms with Gasteiger partial charge in [0, 0.05) is 22.5 Å². The summed E-state index contributed by atoms with van der Waals surface area (Å²) in [5.41, 5.74) is 0.608. The highest BCUT2D eigenvalue weighted by Gasteiger charge is 2.43. The Kier molecular flexibility index (Phi) is 2.85. The van der Waals surface area contributed by atoms with Crippen LogP contribution in [0.5, 0.6) is 0 Å². The molecule has 2 heterocycles. The minimum absolute atomic E-state index is 0.0361. The zero-order valence-corrected chi connectivity index (χ0v) is 12.8.